The highest BCUT2D eigenvalue weighted by Crippen LogP contribution is 2.25. The molecule has 0 aliphatic heterocycles. The molecule has 0 heterocycles. The summed E-state index contributed by atoms with van der Waals surface area (Å²) < 4.78 is 0. The Morgan fingerprint density at radius 1 is 1.36 bits per heavy atom. The molecule has 1 aromatic carbocycles. The molecular formula is C10H16N2S2. The van der Waals surface area contributed by atoms with Gasteiger partial charge in [-0.1, -0.05) is 29.9 Å². The van der Waals surface area contributed by atoms with Crippen LogP contribution in [0.25, 0.3) is 0 Å². The second kappa shape index (κ2) is 6.22. The van der Waals surface area contributed by atoms with Crippen LogP contribution >= 0.6 is 21.8 Å². The van der Waals surface area contributed by atoms with Crippen LogP contribution in [0.1, 0.15) is 18.4 Å². The third-order valence-electron chi connectivity index (χ3n) is 2.15. The maximum absolute atomic E-state index is 5.37. The zero-order chi connectivity index (χ0) is 10.4. The lowest BCUT2D eigenvalue weighted by Crippen LogP contribution is -1.97. The van der Waals surface area contributed by atoms with E-state index in [4.69, 9.17) is 5.14 Å². The first-order valence-corrected chi connectivity index (χ1v) is 6.92. The Kier molecular flexibility index (Phi) is 5.22. The lowest BCUT2D eigenvalue weighted by atomic mass is 10.0. The number of rotatable bonds is 5. The summed E-state index contributed by atoms with van der Waals surface area (Å²) in [7, 11) is 4.97. The molecule has 2 nitrogen and oxygen atoms in total. The monoisotopic (exact) mass is 228 g/mol. The van der Waals surface area contributed by atoms with Crippen molar-refractivity contribution < 1.29 is 0 Å². The fraction of sp³-hybridized carbons (Fsp3) is 0.400. The molecule has 0 aromatic heterocycles. The molecule has 0 bridgehead atoms. The molecule has 78 valence electrons. The van der Waals surface area contributed by atoms with E-state index >= 15 is 0 Å². The second-order valence-corrected chi connectivity index (χ2v) is 5.20. The highest BCUT2D eigenvalue weighted by atomic mass is 33.1. The molecule has 0 aliphatic carbocycles. The molecular weight excluding hydrogens is 212 g/mol. The third-order valence-corrected chi connectivity index (χ3v) is 3.74. The minimum atomic E-state index is 0.557. The maximum atomic E-state index is 5.37. The largest absolute Gasteiger partial charge is 0.388 e. The van der Waals surface area contributed by atoms with E-state index in [1.165, 1.54) is 16.5 Å². The van der Waals surface area contributed by atoms with Crippen molar-refractivity contribution >= 4 is 27.5 Å². The molecule has 14 heavy (non-hydrogen) atoms. The Balaban J connectivity index is 2.57. The first-order chi connectivity index (χ1) is 6.77. The van der Waals surface area contributed by atoms with Gasteiger partial charge in [-0.2, -0.15) is 0 Å². The molecule has 1 unspecified atom stereocenters. The summed E-state index contributed by atoms with van der Waals surface area (Å²) in [5, 5.41) is 8.48. The van der Waals surface area contributed by atoms with Crippen LogP contribution in [0.2, 0.25) is 0 Å². The molecule has 1 atom stereocenters. The van der Waals surface area contributed by atoms with Crippen molar-refractivity contribution in [3.63, 3.8) is 0 Å². The van der Waals surface area contributed by atoms with Crippen molar-refractivity contribution in [2.75, 3.05) is 18.1 Å². The summed E-state index contributed by atoms with van der Waals surface area (Å²) in [5.41, 5.74) is 2.52. The standard InChI is InChI=1S/C10H16N2S2/c1-8(7-13-14-11)9-3-5-10(12-2)6-4-9/h3-6,8,12H,7,11H2,1-2H3. The normalized spacial score (nSPS) is 12.5. The highest BCUT2D eigenvalue weighted by molar-refractivity contribution is 8.75. The molecule has 1 aromatic rings. The second-order valence-electron chi connectivity index (χ2n) is 3.15. The Morgan fingerprint density at radius 2 is 2.00 bits per heavy atom. The molecule has 3 N–H and O–H groups in total. The Morgan fingerprint density at radius 3 is 2.50 bits per heavy atom. The molecule has 0 amide bonds. The smallest absolute Gasteiger partial charge is 0.0337 e. The van der Waals surface area contributed by atoms with Gasteiger partial charge in [-0.05, 0) is 34.6 Å². The van der Waals surface area contributed by atoms with E-state index in [1.807, 2.05) is 7.05 Å². The minimum Gasteiger partial charge on any atom is -0.388 e. The van der Waals surface area contributed by atoms with Gasteiger partial charge in [0.05, 0.1) is 0 Å². The van der Waals surface area contributed by atoms with E-state index in [-0.39, 0.29) is 0 Å². The van der Waals surface area contributed by atoms with Crippen molar-refractivity contribution in [3.05, 3.63) is 29.8 Å². The average Bonchev–Trinajstić information content (AvgIpc) is 2.26. The maximum Gasteiger partial charge on any atom is 0.0337 e. The number of nitrogens with one attached hydrogen (secondary N) is 1. The van der Waals surface area contributed by atoms with Gasteiger partial charge in [0.2, 0.25) is 0 Å². The summed E-state index contributed by atoms with van der Waals surface area (Å²) in [5.74, 6) is 1.61. The van der Waals surface area contributed by atoms with E-state index < -0.39 is 0 Å². The molecule has 0 radical (unpaired) electrons. The quantitative estimate of drug-likeness (QED) is 0.600. The fourth-order valence-corrected chi connectivity index (χ4v) is 2.54. The van der Waals surface area contributed by atoms with Crippen LogP contribution in [0.15, 0.2) is 24.3 Å². The number of nitrogens with two attached hydrogens (primary N) is 1. The molecule has 0 spiro atoms. The van der Waals surface area contributed by atoms with Gasteiger partial charge in [0.1, 0.15) is 0 Å². The summed E-state index contributed by atoms with van der Waals surface area (Å²) in [4.78, 5) is 0. The third kappa shape index (κ3) is 3.44. The van der Waals surface area contributed by atoms with Gasteiger partial charge in [0.15, 0.2) is 0 Å². The zero-order valence-corrected chi connectivity index (χ0v) is 10.1. The van der Waals surface area contributed by atoms with Crippen LogP contribution in [-0.4, -0.2) is 12.8 Å². The predicted octanol–water partition coefficient (Wildman–Crippen LogP) is 3.09. The predicted molar refractivity (Wildman–Crippen MR) is 68.6 cm³/mol. The van der Waals surface area contributed by atoms with Crippen molar-refractivity contribution in [1.82, 2.24) is 0 Å². The number of hydrogen-bond donors (Lipinski definition) is 2. The van der Waals surface area contributed by atoms with E-state index in [0.717, 1.165) is 11.4 Å². The highest BCUT2D eigenvalue weighted by Gasteiger charge is 2.04. The van der Waals surface area contributed by atoms with Gasteiger partial charge in [0, 0.05) is 18.5 Å². The average molecular weight is 228 g/mol. The lowest BCUT2D eigenvalue weighted by molar-refractivity contribution is 0.883. The van der Waals surface area contributed by atoms with Gasteiger partial charge < -0.3 is 5.32 Å². The van der Waals surface area contributed by atoms with Crippen LogP contribution in [-0.2, 0) is 0 Å². The van der Waals surface area contributed by atoms with E-state index in [9.17, 15) is 0 Å². The van der Waals surface area contributed by atoms with Crippen molar-refractivity contribution in [1.29, 1.82) is 0 Å². The molecule has 1 rings (SSSR count). The fourth-order valence-electron chi connectivity index (χ4n) is 1.22. The summed E-state index contributed by atoms with van der Waals surface area (Å²) in [6.07, 6.45) is 0. The number of anilines is 1. The molecule has 0 saturated heterocycles. The molecule has 0 aliphatic rings. The lowest BCUT2D eigenvalue weighted by Gasteiger charge is -2.10. The van der Waals surface area contributed by atoms with Gasteiger partial charge in [-0.25, -0.2) is 0 Å². The number of hydrogen-bond acceptors (Lipinski definition) is 4. The van der Waals surface area contributed by atoms with Gasteiger partial charge in [-0.3, -0.25) is 5.14 Å². The van der Waals surface area contributed by atoms with E-state index in [1.54, 1.807) is 10.8 Å². The molecule has 0 fully saturated rings. The summed E-state index contributed by atoms with van der Waals surface area (Å²) in [6.45, 7) is 2.22. The van der Waals surface area contributed by atoms with E-state index in [0.29, 0.717) is 5.92 Å². The summed E-state index contributed by atoms with van der Waals surface area (Å²) in [6, 6.07) is 8.54. The zero-order valence-electron chi connectivity index (χ0n) is 8.49. The van der Waals surface area contributed by atoms with Gasteiger partial charge in [0.25, 0.3) is 0 Å². The first-order valence-electron chi connectivity index (χ1n) is 4.54. The van der Waals surface area contributed by atoms with Crippen molar-refractivity contribution in [2.24, 2.45) is 5.14 Å². The van der Waals surface area contributed by atoms with Crippen LogP contribution < -0.4 is 10.5 Å². The first kappa shape index (κ1) is 11.8. The van der Waals surface area contributed by atoms with Crippen molar-refractivity contribution in [2.45, 2.75) is 12.8 Å². The molecule has 4 heteroatoms. The summed E-state index contributed by atoms with van der Waals surface area (Å²) >= 11 is 0. The van der Waals surface area contributed by atoms with Crippen LogP contribution in [0.4, 0.5) is 5.69 Å². The topological polar surface area (TPSA) is 38.0 Å². The van der Waals surface area contributed by atoms with Crippen LogP contribution in [0.3, 0.4) is 0 Å². The van der Waals surface area contributed by atoms with E-state index in [2.05, 4.69) is 36.5 Å². The van der Waals surface area contributed by atoms with Gasteiger partial charge >= 0.3 is 0 Å². The Hall–Kier alpha value is -0.320. The Labute approximate surface area is 93.6 Å². The van der Waals surface area contributed by atoms with Crippen LogP contribution in [0.5, 0.6) is 0 Å². The Bertz CT molecular complexity index is 261. The van der Waals surface area contributed by atoms with Crippen LogP contribution in [0, 0.1) is 0 Å². The minimum absolute atomic E-state index is 0.557. The SMILES string of the molecule is CNc1ccc(C(C)CSSN)cc1. The molecule has 0 saturated carbocycles. The number of benzene rings is 1. The van der Waals surface area contributed by atoms with Crippen molar-refractivity contribution in [3.8, 4) is 0 Å². The van der Waals surface area contributed by atoms with Gasteiger partial charge in [-0.15, -0.1) is 0 Å².